The molecule has 0 amide bonds. The van der Waals surface area contributed by atoms with Gasteiger partial charge >= 0.3 is 0 Å². The van der Waals surface area contributed by atoms with E-state index in [0.29, 0.717) is 17.8 Å². The summed E-state index contributed by atoms with van der Waals surface area (Å²) in [5, 5.41) is 13.0. The van der Waals surface area contributed by atoms with Gasteiger partial charge in [-0.1, -0.05) is 6.07 Å². The molecule has 19 heavy (non-hydrogen) atoms. The van der Waals surface area contributed by atoms with Crippen molar-refractivity contribution in [3.63, 3.8) is 0 Å². The third-order valence-electron chi connectivity index (χ3n) is 2.41. The number of pyridine rings is 1. The molecule has 5 nitrogen and oxygen atoms in total. The number of rotatable bonds is 4. The fourth-order valence-electron chi connectivity index (χ4n) is 1.52. The van der Waals surface area contributed by atoms with Gasteiger partial charge in [0.1, 0.15) is 5.69 Å². The van der Waals surface area contributed by atoms with Crippen molar-refractivity contribution in [1.82, 2.24) is 4.98 Å². The number of non-ortho nitro benzene ring substituents is 1. The lowest BCUT2D eigenvalue weighted by Crippen LogP contribution is -2.05. The van der Waals surface area contributed by atoms with E-state index in [1.54, 1.807) is 24.4 Å². The Labute approximate surface area is 107 Å². The first-order chi connectivity index (χ1) is 9.08. The predicted molar refractivity (Wildman–Crippen MR) is 64.6 cm³/mol. The molecule has 0 unspecified atom stereocenters. The van der Waals surface area contributed by atoms with E-state index in [2.05, 4.69) is 10.3 Å². The van der Waals surface area contributed by atoms with Gasteiger partial charge in [-0.25, -0.2) is 8.78 Å². The molecule has 1 aromatic carbocycles. The topological polar surface area (TPSA) is 68.1 Å². The van der Waals surface area contributed by atoms with Gasteiger partial charge < -0.3 is 5.32 Å². The van der Waals surface area contributed by atoms with Gasteiger partial charge in [-0.15, -0.1) is 0 Å². The molecule has 0 aliphatic carbocycles. The van der Waals surface area contributed by atoms with E-state index in [9.17, 15) is 18.9 Å². The quantitative estimate of drug-likeness (QED) is 0.681. The van der Waals surface area contributed by atoms with Crippen LogP contribution in [0.1, 0.15) is 5.69 Å². The Morgan fingerprint density at radius 2 is 1.95 bits per heavy atom. The molecule has 0 radical (unpaired) electrons. The van der Waals surface area contributed by atoms with Crippen molar-refractivity contribution in [1.29, 1.82) is 0 Å². The lowest BCUT2D eigenvalue weighted by molar-refractivity contribution is -0.385. The largest absolute Gasteiger partial charge is 0.375 e. The highest BCUT2D eigenvalue weighted by molar-refractivity contribution is 5.51. The van der Waals surface area contributed by atoms with Crippen LogP contribution >= 0.6 is 0 Å². The molecule has 2 aromatic rings. The van der Waals surface area contributed by atoms with Crippen LogP contribution < -0.4 is 5.32 Å². The number of nitrogens with zero attached hydrogens (tertiary/aromatic N) is 2. The summed E-state index contributed by atoms with van der Waals surface area (Å²) in [5.41, 5.74) is -0.436. The Morgan fingerprint density at radius 3 is 2.47 bits per heavy atom. The van der Waals surface area contributed by atoms with Gasteiger partial charge in [0.05, 0.1) is 29.3 Å². The molecule has 0 saturated heterocycles. The molecule has 7 heteroatoms. The number of anilines is 1. The van der Waals surface area contributed by atoms with E-state index in [4.69, 9.17) is 0 Å². The van der Waals surface area contributed by atoms with Gasteiger partial charge in [0, 0.05) is 6.20 Å². The Balaban J connectivity index is 2.19. The minimum absolute atomic E-state index is 0.118. The summed E-state index contributed by atoms with van der Waals surface area (Å²) >= 11 is 0. The highest BCUT2D eigenvalue weighted by Crippen LogP contribution is 2.25. The van der Waals surface area contributed by atoms with Gasteiger partial charge in [-0.2, -0.15) is 0 Å². The minimum Gasteiger partial charge on any atom is -0.375 e. The fraction of sp³-hybridized carbons (Fsp3) is 0.0833. The Kier molecular flexibility index (Phi) is 3.65. The average Bonchev–Trinajstić information content (AvgIpc) is 2.38. The highest BCUT2D eigenvalue weighted by Gasteiger charge is 2.16. The molecule has 98 valence electrons. The molecule has 0 saturated carbocycles. The molecule has 0 fully saturated rings. The smallest absolute Gasteiger partial charge is 0.275 e. The number of halogens is 2. The van der Waals surface area contributed by atoms with E-state index >= 15 is 0 Å². The number of aromatic nitrogens is 1. The molecule has 0 aliphatic heterocycles. The molecule has 0 atom stereocenters. The standard InChI is InChI=1S/C12H9F2N3O2/c13-10-5-9(17(18)19)6-11(14)12(10)16-7-8-3-1-2-4-15-8/h1-6,16H,7H2. The van der Waals surface area contributed by atoms with Crippen molar-refractivity contribution in [2.75, 3.05) is 5.32 Å². The zero-order valence-corrected chi connectivity index (χ0v) is 9.64. The number of nitro groups is 1. The lowest BCUT2D eigenvalue weighted by Gasteiger charge is -2.08. The number of benzene rings is 1. The molecule has 0 bridgehead atoms. The maximum absolute atomic E-state index is 13.5. The van der Waals surface area contributed by atoms with Gasteiger partial charge in [0.2, 0.25) is 0 Å². The molecule has 1 N–H and O–H groups in total. The summed E-state index contributed by atoms with van der Waals surface area (Å²) < 4.78 is 27.1. The second kappa shape index (κ2) is 5.38. The summed E-state index contributed by atoms with van der Waals surface area (Å²) in [5.74, 6) is -2.02. The summed E-state index contributed by atoms with van der Waals surface area (Å²) in [6.45, 7) is 0.118. The average molecular weight is 265 g/mol. The van der Waals surface area contributed by atoms with E-state index < -0.39 is 27.9 Å². The molecule has 2 rings (SSSR count). The lowest BCUT2D eigenvalue weighted by atomic mass is 10.2. The summed E-state index contributed by atoms with van der Waals surface area (Å²) in [7, 11) is 0. The van der Waals surface area contributed by atoms with E-state index in [0.717, 1.165) is 0 Å². The normalized spacial score (nSPS) is 10.2. The Bertz CT molecular complexity index is 582. The first-order valence-corrected chi connectivity index (χ1v) is 5.35. The first kappa shape index (κ1) is 12.9. The van der Waals surface area contributed by atoms with Crippen molar-refractivity contribution >= 4 is 11.4 Å². The van der Waals surface area contributed by atoms with E-state index in [1.807, 2.05) is 0 Å². The van der Waals surface area contributed by atoms with E-state index in [1.165, 1.54) is 0 Å². The molecule has 1 aromatic heterocycles. The van der Waals surface area contributed by atoms with Crippen LogP contribution in [0.3, 0.4) is 0 Å². The Morgan fingerprint density at radius 1 is 1.26 bits per heavy atom. The minimum atomic E-state index is -1.01. The van der Waals surface area contributed by atoms with Gasteiger partial charge in [-0.05, 0) is 12.1 Å². The fourth-order valence-corrected chi connectivity index (χ4v) is 1.52. The van der Waals surface area contributed by atoms with Gasteiger partial charge in [0.15, 0.2) is 11.6 Å². The van der Waals surface area contributed by atoms with Crippen molar-refractivity contribution in [2.45, 2.75) is 6.54 Å². The maximum atomic E-state index is 13.5. The van der Waals surface area contributed by atoms with Crippen LogP contribution in [-0.4, -0.2) is 9.91 Å². The molecule has 1 heterocycles. The number of hydrogen-bond acceptors (Lipinski definition) is 4. The van der Waals surface area contributed by atoms with Gasteiger partial charge in [-0.3, -0.25) is 15.1 Å². The predicted octanol–water partition coefficient (Wildman–Crippen LogP) is 2.88. The number of nitrogens with one attached hydrogen (secondary N) is 1. The summed E-state index contributed by atoms with van der Waals surface area (Å²) in [4.78, 5) is 13.6. The summed E-state index contributed by atoms with van der Waals surface area (Å²) in [6, 6.07) is 6.49. The summed E-state index contributed by atoms with van der Waals surface area (Å²) in [6.07, 6.45) is 1.56. The van der Waals surface area contributed by atoms with Crippen molar-refractivity contribution in [3.05, 3.63) is 64.0 Å². The van der Waals surface area contributed by atoms with Gasteiger partial charge in [0.25, 0.3) is 5.69 Å². The number of nitro benzene ring substituents is 1. The molecular weight excluding hydrogens is 256 g/mol. The molecule has 0 aliphatic rings. The molecule has 0 spiro atoms. The third-order valence-corrected chi connectivity index (χ3v) is 2.41. The zero-order chi connectivity index (χ0) is 13.8. The van der Waals surface area contributed by atoms with Crippen LogP contribution in [0.4, 0.5) is 20.2 Å². The zero-order valence-electron chi connectivity index (χ0n) is 9.64. The van der Waals surface area contributed by atoms with Crippen LogP contribution in [0.5, 0.6) is 0 Å². The van der Waals surface area contributed by atoms with E-state index in [-0.39, 0.29) is 6.54 Å². The first-order valence-electron chi connectivity index (χ1n) is 5.35. The van der Waals surface area contributed by atoms with Crippen LogP contribution in [0.15, 0.2) is 36.5 Å². The van der Waals surface area contributed by atoms with Crippen LogP contribution in [0.25, 0.3) is 0 Å². The monoisotopic (exact) mass is 265 g/mol. The van der Waals surface area contributed by atoms with Crippen molar-refractivity contribution in [3.8, 4) is 0 Å². The Hall–Kier alpha value is -2.57. The second-order valence-electron chi connectivity index (χ2n) is 3.72. The second-order valence-corrected chi connectivity index (χ2v) is 3.72. The molecular formula is C12H9F2N3O2. The van der Waals surface area contributed by atoms with Crippen LogP contribution in [0.2, 0.25) is 0 Å². The third kappa shape index (κ3) is 3.01. The van der Waals surface area contributed by atoms with Crippen LogP contribution in [0, 0.1) is 21.7 Å². The maximum Gasteiger partial charge on any atom is 0.275 e. The SMILES string of the molecule is O=[N+]([O-])c1cc(F)c(NCc2ccccn2)c(F)c1. The van der Waals surface area contributed by atoms with Crippen LogP contribution in [-0.2, 0) is 6.54 Å². The highest BCUT2D eigenvalue weighted by atomic mass is 19.1. The van der Waals surface area contributed by atoms with Crippen molar-refractivity contribution in [2.24, 2.45) is 0 Å². The number of hydrogen-bond donors (Lipinski definition) is 1. The van der Waals surface area contributed by atoms with Crippen molar-refractivity contribution < 1.29 is 13.7 Å².